The molecule has 0 fully saturated rings. The summed E-state index contributed by atoms with van der Waals surface area (Å²) in [7, 11) is 3.46. The first-order valence-electron chi connectivity index (χ1n) is 13.9. The highest BCUT2D eigenvalue weighted by atomic mass is 35.5. The maximum Gasteiger partial charge on any atom is 0.280 e. The van der Waals surface area contributed by atoms with Gasteiger partial charge >= 0.3 is 0 Å². The van der Waals surface area contributed by atoms with E-state index in [1.807, 2.05) is 61.6 Å². The second-order valence-electron chi connectivity index (χ2n) is 11.1. The zero-order chi connectivity index (χ0) is 30.8. The van der Waals surface area contributed by atoms with Crippen molar-refractivity contribution in [3.8, 4) is 17.1 Å². The van der Waals surface area contributed by atoms with E-state index in [0.717, 1.165) is 11.3 Å². The average Bonchev–Trinajstić information content (AvgIpc) is 3.58. The third kappa shape index (κ3) is 4.21. The second-order valence-corrected chi connectivity index (χ2v) is 11.9. The van der Waals surface area contributed by atoms with Crippen molar-refractivity contribution in [1.29, 1.82) is 0 Å². The van der Waals surface area contributed by atoms with Crippen LogP contribution < -0.4 is 19.9 Å². The Morgan fingerprint density at radius 3 is 2.49 bits per heavy atom. The number of carbonyl (C=O) groups excluding carboxylic acids is 2. The Morgan fingerprint density at radius 2 is 1.79 bits per heavy atom. The molecule has 9 nitrogen and oxygen atoms in total. The monoisotopic (exact) mass is 619 g/mol. The standard InChI is InChI=1S/C32H31Cl2N5O4/c1-17(2)38-28-27(36-29(38)22-10-9-21(16-26(22)43-5)37(4)12-13-40)30(41)39(25-15-20(34)7-6-18(25)3)32(28)23-11-8-19(33)14-24(23)35-31(32)42/h6-11,14-17,40H,12-13H2,1-5H3,(H,35,42). The molecule has 1 unspecified atom stereocenters. The van der Waals surface area contributed by atoms with Gasteiger partial charge in [0.05, 0.1) is 30.7 Å². The molecule has 2 aliphatic heterocycles. The highest BCUT2D eigenvalue weighted by molar-refractivity contribution is 6.32. The summed E-state index contributed by atoms with van der Waals surface area (Å²) in [5, 5.41) is 13.3. The number of aryl methyl sites for hydroxylation is 1. The van der Waals surface area contributed by atoms with E-state index in [4.69, 9.17) is 32.9 Å². The Hall–Kier alpha value is -4.05. The maximum atomic E-state index is 14.6. The molecule has 0 saturated heterocycles. The van der Waals surface area contributed by atoms with Crippen LogP contribution >= 0.6 is 23.2 Å². The van der Waals surface area contributed by atoms with Crippen molar-refractivity contribution in [2.75, 3.05) is 42.4 Å². The van der Waals surface area contributed by atoms with Crippen molar-refractivity contribution in [3.05, 3.63) is 87.2 Å². The van der Waals surface area contributed by atoms with Crippen LogP contribution in [0.25, 0.3) is 11.4 Å². The topological polar surface area (TPSA) is 99.9 Å². The molecule has 222 valence electrons. The van der Waals surface area contributed by atoms with Gasteiger partial charge in [0.15, 0.2) is 11.2 Å². The van der Waals surface area contributed by atoms with Gasteiger partial charge in [0, 0.05) is 52.7 Å². The lowest BCUT2D eigenvalue weighted by Crippen LogP contribution is -2.51. The van der Waals surface area contributed by atoms with Crippen LogP contribution in [0.1, 0.15) is 47.2 Å². The Balaban J connectivity index is 1.67. The van der Waals surface area contributed by atoms with Crippen molar-refractivity contribution in [2.45, 2.75) is 32.4 Å². The van der Waals surface area contributed by atoms with Crippen molar-refractivity contribution < 1.29 is 19.4 Å². The third-order valence-corrected chi connectivity index (χ3v) is 8.64. The molecule has 1 aromatic heterocycles. The largest absolute Gasteiger partial charge is 0.496 e. The first-order chi connectivity index (χ1) is 20.5. The molecule has 3 heterocycles. The quantitative estimate of drug-likeness (QED) is 0.262. The number of rotatable bonds is 7. The predicted octanol–water partition coefficient (Wildman–Crippen LogP) is 6.04. The molecular weight excluding hydrogens is 589 g/mol. The van der Waals surface area contributed by atoms with Crippen molar-refractivity contribution in [1.82, 2.24) is 9.55 Å². The van der Waals surface area contributed by atoms with Crippen LogP contribution in [0.15, 0.2) is 54.6 Å². The summed E-state index contributed by atoms with van der Waals surface area (Å²) < 4.78 is 7.76. The lowest BCUT2D eigenvalue weighted by Gasteiger charge is -2.36. The lowest BCUT2D eigenvalue weighted by atomic mass is 9.86. The molecule has 0 bridgehead atoms. The molecule has 0 aliphatic carbocycles. The van der Waals surface area contributed by atoms with Gasteiger partial charge in [-0.2, -0.15) is 0 Å². The molecule has 1 atom stereocenters. The lowest BCUT2D eigenvalue weighted by molar-refractivity contribution is -0.119. The molecule has 0 saturated carbocycles. The van der Waals surface area contributed by atoms with Gasteiger partial charge in [0.2, 0.25) is 0 Å². The number of aliphatic hydroxyl groups is 1. The van der Waals surface area contributed by atoms with Gasteiger partial charge in [0.25, 0.3) is 11.8 Å². The Kier molecular flexibility index (Phi) is 7.15. The first kappa shape index (κ1) is 29.0. The number of hydrogen-bond acceptors (Lipinski definition) is 6. The number of imidazole rings is 1. The molecular formula is C32H31Cl2N5O4. The number of amides is 2. The number of aromatic nitrogens is 2. The smallest absolute Gasteiger partial charge is 0.280 e. The SMILES string of the molecule is COc1cc(N(C)CCO)ccc1-c1nc2c(n1C(C)C)C1(C(=O)Nc3cc(Cl)ccc31)N(c1cc(Cl)ccc1C)C2=O. The van der Waals surface area contributed by atoms with Gasteiger partial charge in [-0.3, -0.25) is 14.5 Å². The summed E-state index contributed by atoms with van der Waals surface area (Å²) in [5.41, 5.74) is 2.97. The van der Waals surface area contributed by atoms with Crippen molar-refractivity contribution in [3.63, 3.8) is 0 Å². The summed E-state index contributed by atoms with van der Waals surface area (Å²) in [5.74, 6) is 0.230. The van der Waals surface area contributed by atoms with Crippen molar-refractivity contribution in [2.24, 2.45) is 0 Å². The molecule has 6 rings (SSSR count). The van der Waals surface area contributed by atoms with E-state index in [0.29, 0.717) is 56.4 Å². The first-order valence-corrected chi connectivity index (χ1v) is 14.7. The number of halogens is 2. The number of likely N-dealkylation sites (N-methyl/N-ethyl adjacent to an activating group) is 1. The maximum absolute atomic E-state index is 14.6. The normalized spacial score (nSPS) is 17.1. The molecule has 11 heteroatoms. The van der Waals surface area contributed by atoms with Gasteiger partial charge in [-0.25, -0.2) is 4.98 Å². The zero-order valence-electron chi connectivity index (χ0n) is 24.4. The number of nitrogens with zero attached hydrogens (tertiary/aromatic N) is 4. The summed E-state index contributed by atoms with van der Waals surface area (Å²) in [6.07, 6.45) is 0. The number of methoxy groups -OCH3 is 1. The van der Waals surface area contributed by atoms with Crippen LogP contribution in [0.3, 0.4) is 0 Å². The minimum absolute atomic E-state index is 0.00654. The highest BCUT2D eigenvalue weighted by Gasteiger charge is 2.64. The van der Waals surface area contributed by atoms with Gasteiger partial charge < -0.3 is 24.6 Å². The summed E-state index contributed by atoms with van der Waals surface area (Å²) in [6, 6.07) is 15.9. The fourth-order valence-corrected chi connectivity index (χ4v) is 6.55. The average molecular weight is 621 g/mol. The van der Waals surface area contributed by atoms with E-state index in [1.165, 1.54) is 4.90 Å². The summed E-state index contributed by atoms with van der Waals surface area (Å²) >= 11 is 12.8. The number of hydrogen-bond donors (Lipinski definition) is 2. The summed E-state index contributed by atoms with van der Waals surface area (Å²) in [4.78, 5) is 37.4. The molecule has 2 aliphatic rings. The number of carbonyl (C=O) groups is 2. The molecule has 0 radical (unpaired) electrons. The molecule has 3 aromatic carbocycles. The van der Waals surface area contributed by atoms with E-state index >= 15 is 0 Å². The van der Waals surface area contributed by atoms with Crippen LogP contribution in [0.5, 0.6) is 5.75 Å². The van der Waals surface area contributed by atoms with Crippen LogP contribution in [0, 0.1) is 6.92 Å². The van der Waals surface area contributed by atoms with Crippen LogP contribution in [0.2, 0.25) is 10.0 Å². The fourth-order valence-electron chi connectivity index (χ4n) is 6.21. The van der Waals surface area contributed by atoms with Gasteiger partial charge in [-0.1, -0.05) is 35.3 Å². The predicted molar refractivity (Wildman–Crippen MR) is 169 cm³/mol. The van der Waals surface area contributed by atoms with Crippen LogP contribution in [-0.4, -0.2) is 53.8 Å². The van der Waals surface area contributed by atoms with E-state index in [2.05, 4.69) is 5.32 Å². The highest BCUT2D eigenvalue weighted by Crippen LogP contribution is 2.55. The molecule has 4 aromatic rings. The molecule has 2 N–H and O–H groups in total. The molecule has 1 spiro atoms. The Labute approximate surface area is 259 Å². The third-order valence-electron chi connectivity index (χ3n) is 8.17. The number of nitrogens with one attached hydrogen (secondary N) is 1. The van der Waals surface area contributed by atoms with E-state index in [-0.39, 0.29) is 18.3 Å². The van der Waals surface area contributed by atoms with Crippen LogP contribution in [-0.2, 0) is 10.3 Å². The van der Waals surface area contributed by atoms with E-state index in [1.54, 1.807) is 37.4 Å². The number of ether oxygens (including phenoxy) is 1. The second kappa shape index (κ2) is 10.6. The Morgan fingerprint density at radius 1 is 1.07 bits per heavy atom. The van der Waals surface area contributed by atoms with Gasteiger partial charge in [0.1, 0.15) is 11.6 Å². The zero-order valence-corrected chi connectivity index (χ0v) is 25.9. The number of aliphatic hydroxyl groups excluding tert-OH is 1. The van der Waals surface area contributed by atoms with Gasteiger partial charge in [-0.15, -0.1) is 0 Å². The van der Waals surface area contributed by atoms with Crippen LogP contribution in [0.4, 0.5) is 17.1 Å². The summed E-state index contributed by atoms with van der Waals surface area (Å²) in [6.45, 7) is 6.31. The Bertz CT molecular complexity index is 1800. The van der Waals surface area contributed by atoms with Crippen molar-refractivity contribution >= 4 is 52.1 Å². The number of anilines is 3. The number of benzene rings is 3. The van der Waals surface area contributed by atoms with Gasteiger partial charge in [-0.05, 0) is 62.7 Å². The minimum Gasteiger partial charge on any atom is -0.496 e. The number of fused-ring (bicyclic) bond motifs is 4. The fraction of sp³-hybridized carbons (Fsp3) is 0.281. The van der Waals surface area contributed by atoms with E-state index in [9.17, 15) is 14.7 Å². The minimum atomic E-state index is -1.58. The molecule has 2 amide bonds. The molecule has 43 heavy (non-hydrogen) atoms. The van der Waals surface area contributed by atoms with E-state index < -0.39 is 17.4 Å².